The number of nitrogens with zero attached hydrogens (tertiary/aromatic N) is 4. The van der Waals surface area contributed by atoms with Gasteiger partial charge in [0, 0.05) is 24.0 Å². The summed E-state index contributed by atoms with van der Waals surface area (Å²) in [5.41, 5.74) is 4.03. The van der Waals surface area contributed by atoms with Crippen molar-refractivity contribution in [2.75, 3.05) is 13.1 Å². The predicted molar refractivity (Wildman–Crippen MR) is 105 cm³/mol. The van der Waals surface area contributed by atoms with Gasteiger partial charge in [-0.25, -0.2) is 4.98 Å². The number of imidazole rings is 1. The Morgan fingerprint density at radius 2 is 2.11 bits per heavy atom. The molecule has 4 rings (SSSR count). The van der Waals surface area contributed by atoms with Gasteiger partial charge >= 0.3 is 0 Å². The molecule has 6 nitrogen and oxygen atoms in total. The van der Waals surface area contributed by atoms with E-state index in [1.165, 1.54) is 0 Å². The molecule has 27 heavy (non-hydrogen) atoms. The van der Waals surface area contributed by atoms with E-state index in [0.717, 1.165) is 49.3 Å². The van der Waals surface area contributed by atoms with E-state index >= 15 is 0 Å². The first-order valence-corrected chi connectivity index (χ1v) is 9.26. The van der Waals surface area contributed by atoms with Crippen LogP contribution in [0, 0.1) is 5.92 Å². The smallest absolute Gasteiger partial charge is 0.127 e. The quantitative estimate of drug-likeness (QED) is 0.744. The van der Waals surface area contributed by atoms with Crippen LogP contribution in [0.4, 0.5) is 0 Å². The van der Waals surface area contributed by atoms with Crippen molar-refractivity contribution < 1.29 is 5.11 Å². The van der Waals surface area contributed by atoms with Gasteiger partial charge in [-0.1, -0.05) is 6.58 Å². The van der Waals surface area contributed by atoms with Crippen molar-refractivity contribution in [2.45, 2.75) is 19.3 Å². The third-order valence-electron chi connectivity index (χ3n) is 5.11. The first kappa shape index (κ1) is 17.4. The molecular weight excluding hydrogens is 338 g/mol. The molecule has 0 saturated carbocycles. The van der Waals surface area contributed by atoms with Gasteiger partial charge in [-0.2, -0.15) is 0 Å². The number of allylic oxidation sites excluding steroid dienone is 1. The Balaban J connectivity index is 1.54. The third-order valence-corrected chi connectivity index (χ3v) is 5.11. The van der Waals surface area contributed by atoms with Crippen LogP contribution in [0.1, 0.15) is 25.0 Å². The Bertz CT molecular complexity index is 910. The lowest BCUT2D eigenvalue weighted by Crippen LogP contribution is -2.14. The largest absolute Gasteiger partial charge is 0.507 e. The third kappa shape index (κ3) is 3.75. The van der Waals surface area contributed by atoms with E-state index in [4.69, 9.17) is 0 Å². The molecule has 2 aromatic heterocycles. The van der Waals surface area contributed by atoms with E-state index < -0.39 is 0 Å². The summed E-state index contributed by atoms with van der Waals surface area (Å²) in [6, 6.07) is 5.47. The minimum atomic E-state index is 0.164. The molecule has 138 valence electrons. The van der Waals surface area contributed by atoms with Crippen molar-refractivity contribution in [3.8, 4) is 22.7 Å². The number of rotatable bonds is 4. The lowest BCUT2D eigenvalue weighted by molar-refractivity contribution is 0.477. The fourth-order valence-corrected chi connectivity index (χ4v) is 3.52. The summed E-state index contributed by atoms with van der Waals surface area (Å²) in [7, 11) is 0. The Morgan fingerprint density at radius 3 is 2.85 bits per heavy atom. The Kier molecular flexibility index (Phi) is 4.98. The fourth-order valence-electron chi connectivity index (χ4n) is 3.52. The molecule has 2 N–H and O–H groups in total. The second kappa shape index (κ2) is 7.72. The molecule has 0 spiro atoms. The molecule has 1 aliphatic rings. The van der Waals surface area contributed by atoms with Crippen molar-refractivity contribution in [2.24, 2.45) is 5.92 Å². The molecular formula is C21H23N5O. The van der Waals surface area contributed by atoms with Gasteiger partial charge in [0.05, 0.1) is 35.8 Å². The van der Waals surface area contributed by atoms with Gasteiger partial charge in [0.1, 0.15) is 5.75 Å². The lowest BCUT2D eigenvalue weighted by atomic mass is 9.91. The van der Waals surface area contributed by atoms with E-state index in [1.54, 1.807) is 31.0 Å². The van der Waals surface area contributed by atoms with Crippen molar-refractivity contribution >= 4 is 5.57 Å². The van der Waals surface area contributed by atoms with Crippen molar-refractivity contribution in [1.29, 1.82) is 0 Å². The molecule has 1 fully saturated rings. The zero-order valence-electron chi connectivity index (χ0n) is 15.2. The van der Waals surface area contributed by atoms with Gasteiger partial charge in [0.2, 0.25) is 0 Å². The maximum absolute atomic E-state index is 10.4. The maximum Gasteiger partial charge on any atom is 0.127 e. The SMILES string of the molecule is C=C(c1cnc(-c2ccc(-n3ccnc3)cc2O)cn1)C1CCCNCC1. The van der Waals surface area contributed by atoms with Gasteiger partial charge in [0.15, 0.2) is 0 Å². The first-order valence-electron chi connectivity index (χ1n) is 9.26. The number of hydrogen-bond acceptors (Lipinski definition) is 5. The molecule has 1 unspecified atom stereocenters. The summed E-state index contributed by atoms with van der Waals surface area (Å²) in [6.45, 7) is 6.35. The van der Waals surface area contributed by atoms with Gasteiger partial charge < -0.3 is 15.0 Å². The van der Waals surface area contributed by atoms with Crippen molar-refractivity contribution in [3.63, 3.8) is 0 Å². The van der Waals surface area contributed by atoms with E-state index in [0.29, 0.717) is 17.2 Å². The van der Waals surface area contributed by atoms with Gasteiger partial charge in [-0.15, -0.1) is 0 Å². The minimum Gasteiger partial charge on any atom is -0.507 e. The van der Waals surface area contributed by atoms with Gasteiger partial charge in [0.25, 0.3) is 0 Å². The second-order valence-corrected chi connectivity index (χ2v) is 6.86. The number of nitrogens with one attached hydrogen (secondary N) is 1. The highest BCUT2D eigenvalue weighted by Gasteiger charge is 2.18. The standard InChI is InChI=1S/C21H23N5O/c1-15(16-3-2-7-22-8-6-16)19-12-25-20(13-24-19)18-5-4-17(11-21(18)27)26-10-9-23-14-26/h4-5,9-14,16,22,27H,1-3,6-8H2. The highest BCUT2D eigenvalue weighted by molar-refractivity contribution is 5.69. The van der Waals surface area contributed by atoms with Crippen LogP contribution in [-0.4, -0.2) is 37.7 Å². The number of phenolic OH excluding ortho intramolecular Hbond substituents is 1. The molecule has 0 aliphatic carbocycles. The van der Waals surface area contributed by atoms with E-state index in [1.807, 2.05) is 22.9 Å². The second-order valence-electron chi connectivity index (χ2n) is 6.86. The van der Waals surface area contributed by atoms with Gasteiger partial charge in [-0.3, -0.25) is 9.97 Å². The Morgan fingerprint density at radius 1 is 1.19 bits per heavy atom. The molecule has 0 radical (unpaired) electrons. The van der Waals surface area contributed by atoms with E-state index in [-0.39, 0.29) is 5.75 Å². The number of aromatic nitrogens is 4. The molecule has 0 amide bonds. The van der Waals surface area contributed by atoms with Crippen LogP contribution in [-0.2, 0) is 0 Å². The molecule has 3 aromatic rings. The average molecular weight is 361 g/mol. The summed E-state index contributed by atoms with van der Waals surface area (Å²) in [6.07, 6.45) is 12.1. The van der Waals surface area contributed by atoms with Crippen LogP contribution in [0.5, 0.6) is 5.75 Å². The van der Waals surface area contributed by atoms with Crippen LogP contribution in [0.3, 0.4) is 0 Å². The number of aromatic hydroxyl groups is 1. The van der Waals surface area contributed by atoms with Crippen molar-refractivity contribution in [3.05, 3.63) is 61.6 Å². The normalized spacial score (nSPS) is 17.4. The monoisotopic (exact) mass is 361 g/mol. The van der Waals surface area contributed by atoms with Gasteiger partial charge in [-0.05, 0) is 56.0 Å². The first-order chi connectivity index (χ1) is 13.2. The van der Waals surface area contributed by atoms with Crippen LogP contribution >= 0.6 is 0 Å². The summed E-state index contributed by atoms with van der Waals surface area (Å²) in [5, 5.41) is 13.9. The zero-order valence-corrected chi connectivity index (χ0v) is 15.2. The Labute approximate surface area is 158 Å². The summed E-state index contributed by atoms with van der Waals surface area (Å²) in [4.78, 5) is 13.1. The molecule has 6 heteroatoms. The average Bonchev–Trinajstić information content (AvgIpc) is 3.10. The fraction of sp³-hybridized carbons (Fsp3) is 0.286. The summed E-state index contributed by atoms with van der Waals surface area (Å²) < 4.78 is 1.84. The van der Waals surface area contributed by atoms with E-state index in [9.17, 15) is 5.11 Å². The maximum atomic E-state index is 10.4. The lowest BCUT2D eigenvalue weighted by Gasteiger charge is -2.16. The topological polar surface area (TPSA) is 75.9 Å². The van der Waals surface area contributed by atoms with Crippen LogP contribution in [0.15, 0.2) is 55.9 Å². The molecule has 3 heterocycles. The molecule has 1 aliphatic heterocycles. The predicted octanol–water partition coefficient (Wildman–Crippen LogP) is 3.44. The highest BCUT2D eigenvalue weighted by atomic mass is 16.3. The van der Waals surface area contributed by atoms with Crippen LogP contribution in [0.25, 0.3) is 22.5 Å². The highest BCUT2D eigenvalue weighted by Crippen LogP contribution is 2.31. The number of benzene rings is 1. The molecule has 1 saturated heterocycles. The molecule has 0 bridgehead atoms. The summed E-state index contributed by atoms with van der Waals surface area (Å²) >= 11 is 0. The van der Waals surface area contributed by atoms with Crippen molar-refractivity contribution in [1.82, 2.24) is 24.8 Å². The van der Waals surface area contributed by atoms with E-state index in [2.05, 4.69) is 26.8 Å². The zero-order chi connectivity index (χ0) is 18.6. The van der Waals surface area contributed by atoms with Crippen LogP contribution < -0.4 is 5.32 Å². The number of phenols is 1. The molecule has 1 atom stereocenters. The summed E-state index contributed by atoms with van der Waals surface area (Å²) in [5.74, 6) is 0.611. The minimum absolute atomic E-state index is 0.164. The van der Waals surface area contributed by atoms with Crippen LogP contribution in [0.2, 0.25) is 0 Å². The molecule has 1 aromatic carbocycles. The number of hydrogen-bond donors (Lipinski definition) is 2. The Hall–Kier alpha value is -2.99.